The zero-order chi connectivity index (χ0) is 15.6. The molecule has 0 aliphatic rings. The van der Waals surface area contributed by atoms with Gasteiger partial charge >= 0.3 is 0 Å². The summed E-state index contributed by atoms with van der Waals surface area (Å²) in [5.74, 6) is 1.02. The first-order valence-electron chi connectivity index (χ1n) is 5.77. The number of hydrogen-bond donors (Lipinski definition) is 1. The van der Waals surface area contributed by atoms with Crippen LogP contribution in [0.1, 0.15) is 18.6 Å². The molecule has 21 heavy (non-hydrogen) atoms. The van der Waals surface area contributed by atoms with Crippen molar-refractivity contribution in [1.82, 2.24) is 10.1 Å². The number of ether oxygens (including phenoxy) is 1. The third-order valence-electron chi connectivity index (χ3n) is 2.46. The lowest BCUT2D eigenvalue weighted by Crippen LogP contribution is -2.13. The van der Waals surface area contributed by atoms with Crippen LogP contribution in [0, 0.1) is 0 Å². The fourth-order valence-electron chi connectivity index (χ4n) is 1.47. The van der Waals surface area contributed by atoms with Crippen LogP contribution in [0.3, 0.4) is 0 Å². The maximum absolute atomic E-state index is 11.3. The van der Waals surface area contributed by atoms with Crippen molar-refractivity contribution in [3.63, 3.8) is 0 Å². The van der Waals surface area contributed by atoms with Gasteiger partial charge in [0.15, 0.2) is 6.61 Å². The standard InChI is InChI=1S/C11H11Cl2N3O4S/c1-2-11-15-10(16-20-11)5-19-8-3-7(13)9(4-6(8)12)21(14,17)18/h3-4H,2,5H2,1H3,(H2,14,17,18). The minimum atomic E-state index is -3.95. The molecule has 0 spiro atoms. The normalized spacial score (nSPS) is 11.6. The van der Waals surface area contributed by atoms with Crippen molar-refractivity contribution in [1.29, 1.82) is 0 Å². The Hall–Kier alpha value is -1.35. The van der Waals surface area contributed by atoms with E-state index in [2.05, 4.69) is 10.1 Å². The molecule has 0 unspecified atom stereocenters. The second kappa shape index (κ2) is 6.18. The highest BCUT2D eigenvalue weighted by Gasteiger charge is 2.17. The third kappa shape index (κ3) is 3.85. The van der Waals surface area contributed by atoms with Crippen LogP contribution in [0.15, 0.2) is 21.6 Å². The van der Waals surface area contributed by atoms with Crippen LogP contribution in [-0.2, 0) is 23.1 Å². The molecule has 1 aromatic carbocycles. The van der Waals surface area contributed by atoms with E-state index in [1.54, 1.807) is 0 Å². The first-order valence-corrected chi connectivity index (χ1v) is 8.07. The van der Waals surface area contributed by atoms with Gasteiger partial charge in [-0.3, -0.25) is 0 Å². The van der Waals surface area contributed by atoms with E-state index < -0.39 is 10.0 Å². The van der Waals surface area contributed by atoms with Crippen molar-refractivity contribution >= 4 is 33.2 Å². The maximum Gasteiger partial charge on any atom is 0.239 e. The summed E-state index contributed by atoms with van der Waals surface area (Å²) in [5.41, 5.74) is 0. The molecule has 7 nitrogen and oxygen atoms in total. The summed E-state index contributed by atoms with van der Waals surface area (Å²) in [5, 5.41) is 8.70. The summed E-state index contributed by atoms with van der Waals surface area (Å²) in [6.45, 7) is 1.88. The Labute approximate surface area is 131 Å². The van der Waals surface area contributed by atoms with E-state index >= 15 is 0 Å². The highest BCUT2D eigenvalue weighted by molar-refractivity contribution is 7.89. The van der Waals surface area contributed by atoms with E-state index in [-0.39, 0.29) is 27.3 Å². The summed E-state index contributed by atoms with van der Waals surface area (Å²) in [6, 6.07) is 2.40. The zero-order valence-corrected chi connectivity index (χ0v) is 13.2. The molecule has 0 fully saturated rings. The molecule has 2 rings (SSSR count). The first-order chi connectivity index (χ1) is 9.81. The van der Waals surface area contributed by atoms with E-state index in [1.165, 1.54) is 6.07 Å². The minimum absolute atomic E-state index is 0.00820. The number of nitrogens with zero attached hydrogens (tertiary/aromatic N) is 2. The number of benzene rings is 1. The number of aryl methyl sites for hydroxylation is 1. The SMILES string of the molecule is CCc1nc(COc2cc(Cl)c(S(N)(=O)=O)cc2Cl)no1. The third-order valence-corrected chi connectivity index (χ3v) is 4.13. The van der Waals surface area contributed by atoms with Gasteiger partial charge < -0.3 is 9.26 Å². The maximum atomic E-state index is 11.3. The average Bonchev–Trinajstić information content (AvgIpc) is 2.86. The summed E-state index contributed by atoms with van der Waals surface area (Å²) >= 11 is 11.8. The van der Waals surface area contributed by atoms with Crippen molar-refractivity contribution in [2.24, 2.45) is 5.14 Å². The summed E-state index contributed by atoms with van der Waals surface area (Å²) in [7, 11) is -3.95. The van der Waals surface area contributed by atoms with Crippen LogP contribution < -0.4 is 9.88 Å². The Balaban J connectivity index is 2.19. The van der Waals surface area contributed by atoms with E-state index in [4.69, 9.17) is 37.6 Å². The molecule has 1 aromatic heterocycles. The second-order valence-electron chi connectivity index (χ2n) is 4.00. The number of hydrogen-bond acceptors (Lipinski definition) is 6. The molecular formula is C11H11Cl2N3O4S. The Morgan fingerprint density at radius 3 is 2.62 bits per heavy atom. The molecule has 0 aliphatic carbocycles. The quantitative estimate of drug-likeness (QED) is 0.883. The molecule has 2 aromatic rings. The van der Waals surface area contributed by atoms with E-state index in [1.807, 2.05) is 6.92 Å². The fraction of sp³-hybridized carbons (Fsp3) is 0.273. The topological polar surface area (TPSA) is 108 Å². The number of primary sulfonamides is 1. The zero-order valence-electron chi connectivity index (χ0n) is 10.8. The number of sulfonamides is 1. The molecule has 10 heteroatoms. The van der Waals surface area contributed by atoms with Gasteiger partial charge in [-0.05, 0) is 6.07 Å². The van der Waals surface area contributed by atoms with Gasteiger partial charge in [0.05, 0.1) is 10.0 Å². The molecule has 1 heterocycles. The van der Waals surface area contributed by atoms with Crippen molar-refractivity contribution in [3.05, 3.63) is 33.9 Å². The van der Waals surface area contributed by atoms with Crippen molar-refractivity contribution < 1.29 is 17.7 Å². The van der Waals surface area contributed by atoms with Crippen LogP contribution in [0.4, 0.5) is 0 Å². The van der Waals surface area contributed by atoms with Gasteiger partial charge in [-0.25, -0.2) is 13.6 Å². The number of halogens is 2. The number of nitrogens with two attached hydrogens (primary N) is 1. The van der Waals surface area contributed by atoms with Gasteiger partial charge in [0, 0.05) is 12.5 Å². The molecule has 0 bridgehead atoms. The van der Waals surface area contributed by atoms with Crippen LogP contribution in [-0.4, -0.2) is 18.6 Å². The highest BCUT2D eigenvalue weighted by Crippen LogP contribution is 2.33. The largest absolute Gasteiger partial charge is 0.484 e. The Bertz CT molecular complexity index is 761. The van der Waals surface area contributed by atoms with Gasteiger partial charge in [-0.1, -0.05) is 35.3 Å². The van der Waals surface area contributed by atoms with Crippen LogP contribution in [0.5, 0.6) is 5.75 Å². The Morgan fingerprint density at radius 1 is 1.33 bits per heavy atom. The second-order valence-corrected chi connectivity index (χ2v) is 6.35. The average molecular weight is 352 g/mol. The molecule has 0 amide bonds. The summed E-state index contributed by atoms with van der Waals surface area (Å²) < 4.78 is 32.9. The molecular weight excluding hydrogens is 341 g/mol. The van der Waals surface area contributed by atoms with E-state index in [9.17, 15) is 8.42 Å². The van der Waals surface area contributed by atoms with Crippen LogP contribution in [0.2, 0.25) is 10.0 Å². The lowest BCUT2D eigenvalue weighted by molar-refractivity contribution is 0.285. The summed E-state index contributed by atoms with van der Waals surface area (Å²) in [4.78, 5) is 3.79. The number of rotatable bonds is 5. The molecule has 0 atom stereocenters. The minimum Gasteiger partial charge on any atom is -0.484 e. The fourth-order valence-corrected chi connectivity index (χ4v) is 2.85. The predicted molar refractivity (Wildman–Crippen MR) is 75.8 cm³/mol. The smallest absolute Gasteiger partial charge is 0.239 e. The lowest BCUT2D eigenvalue weighted by atomic mass is 10.3. The van der Waals surface area contributed by atoms with Crippen LogP contribution in [0.25, 0.3) is 0 Å². The van der Waals surface area contributed by atoms with Crippen molar-refractivity contribution in [2.45, 2.75) is 24.8 Å². The lowest BCUT2D eigenvalue weighted by Gasteiger charge is -2.09. The Morgan fingerprint density at radius 2 is 2.05 bits per heavy atom. The van der Waals surface area contributed by atoms with Gasteiger partial charge in [-0.15, -0.1) is 0 Å². The van der Waals surface area contributed by atoms with Gasteiger partial charge in [0.1, 0.15) is 10.6 Å². The molecule has 114 valence electrons. The van der Waals surface area contributed by atoms with Gasteiger partial charge in [-0.2, -0.15) is 4.98 Å². The first kappa shape index (κ1) is 16.0. The predicted octanol–water partition coefficient (Wildman–Crippen LogP) is 2.17. The van der Waals surface area contributed by atoms with Crippen molar-refractivity contribution in [3.8, 4) is 5.75 Å². The van der Waals surface area contributed by atoms with Gasteiger partial charge in [0.25, 0.3) is 0 Å². The summed E-state index contributed by atoms with van der Waals surface area (Å²) in [6.07, 6.45) is 0.614. The molecule has 0 radical (unpaired) electrons. The van der Waals surface area contributed by atoms with Gasteiger partial charge in [0.2, 0.25) is 21.7 Å². The number of aromatic nitrogens is 2. The highest BCUT2D eigenvalue weighted by atomic mass is 35.5. The monoisotopic (exact) mass is 351 g/mol. The molecule has 0 aliphatic heterocycles. The molecule has 2 N–H and O–H groups in total. The van der Waals surface area contributed by atoms with E-state index in [0.717, 1.165) is 6.07 Å². The Kier molecular flexibility index (Phi) is 4.72. The molecule has 0 saturated heterocycles. The van der Waals surface area contributed by atoms with Crippen molar-refractivity contribution in [2.75, 3.05) is 0 Å². The van der Waals surface area contributed by atoms with E-state index in [0.29, 0.717) is 18.1 Å². The molecule has 0 saturated carbocycles. The van der Waals surface area contributed by atoms with Crippen LogP contribution >= 0.6 is 23.2 Å².